The fraction of sp³-hybridized carbons (Fsp3) is 0.500. The Balaban J connectivity index is 1.78. The number of amides is 1. The van der Waals surface area contributed by atoms with E-state index in [4.69, 9.17) is 10.5 Å². The molecule has 0 bridgehead atoms. The minimum atomic E-state index is -3.21. The van der Waals surface area contributed by atoms with Crippen LogP contribution in [0.2, 0.25) is 0 Å². The highest BCUT2D eigenvalue weighted by atomic mass is 32.2. The lowest BCUT2D eigenvalue weighted by molar-refractivity contribution is 0.143. The van der Waals surface area contributed by atoms with E-state index in [0.717, 1.165) is 17.0 Å². The van der Waals surface area contributed by atoms with Crippen LogP contribution >= 0.6 is 12.2 Å². The first-order chi connectivity index (χ1) is 13.2. The summed E-state index contributed by atoms with van der Waals surface area (Å²) < 4.78 is 58.0. The summed E-state index contributed by atoms with van der Waals surface area (Å²) in [5.41, 5.74) is 5.06. The van der Waals surface area contributed by atoms with Crippen molar-refractivity contribution >= 4 is 44.6 Å². The molecule has 0 unspecified atom stereocenters. The molecule has 3 N–H and O–H groups in total. The Morgan fingerprint density at radius 1 is 1.29 bits per heavy atom. The van der Waals surface area contributed by atoms with Gasteiger partial charge in [0, 0.05) is 25.2 Å². The fourth-order valence-corrected chi connectivity index (χ4v) is 4.58. The van der Waals surface area contributed by atoms with Crippen LogP contribution in [0.15, 0.2) is 12.1 Å². The lowest BCUT2D eigenvalue weighted by atomic mass is 10.2. The average molecular weight is 434 g/mol. The molecule has 1 atom stereocenters. The van der Waals surface area contributed by atoms with Gasteiger partial charge >= 0.3 is 6.09 Å². The smallest absolute Gasteiger partial charge is 0.414 e. The Morgan fingerprint density at radius 2 is 1.96 bits per heavy atom. The minimum Gasteiger partial charge on any atom is -0.442 e. The zero-order chi connectivity index (χ0) is 20.5. The van der Waals surface area contributed by atoms with Crippen molar-refractivity contribution in [2.45, 2.75) is 12.5 Å². The molecule has 28 heavy (non-hydrogen) atoms. The first kappa shape index (κ1) is 20.5. The SMILES string of the molecule is NC(=S)NC[C@H]1CN(c2cc(F)c(N3CCCS(=O)(=O)CC3)c(F)c2)C(=O)O1. The molecule has 0 saturated carbocycles. The van der Waals surface area contributed by atoms with E-state index in [0.29, 0.717) is 6.42 Å². The lowest BCUT2D eigenvalue weighted by Gasteiger charge is -2.24. The third kappa shape index (κ3) is 4.61. The van der Waals surface area contributed by atoms with Crippen LogP contribution < -0.4 is 20.9 Å². The van der Waals surface area contributed by atoms with Crippen molar-refractivity contribution in [1.29, 1.82) is 0 Å². The van der Waals surface area contributed by atoms with Crippen LogP contribution in [-0.4, -0.2) is 63.4 Å². The molecule has 2 aliphatic heterocycles. The Kier molecular flexibility index (Phi) is 5.89. The first-order valence-corrected chi connectivity index (χ1v) is 10.8. The number of benzene rings is 1. The van der Waals surface area contributed by atoms with Crippen molar-refractivity contribution in [2.75, 3.05) is 47.5 Å². The molecule has 0 aliphatic carbocycles. The number of ether oxygens (including phenoxy) is 1. The molecule has 0 radical (unpaired) electrons. The second-order valence-corrected chi connectivity index (χ2v) is 9.36. The number of sulfone groups is 1. The van der Waals surface area contributed by atoms with Crippen LogP contribution in [0, 0.1) is 11.6 Å². The van der Waals surface area contributed by atoms with Gasteiger partial charge in [-0.25, -0.2) is 22.0 Å². The maximum Gasteiger partial charge on any atom is 0.414 e. The highest BCUT2D eigenvalue weighted by Gasteiger charge is 2.34. The number of hydrogen-bond donors (Lipinski definition) is 2. The Bertz CT molecular complexity index is 874. The third-order valence-electron chi connectivity index (χ3n) is 4.56. The normalized spacial score (nSPS) is 21.9. The predicted molar refractivity (Wildman–Crippen MR) is 104 cm³/mol. The van der Waals surface area contributed by atoms with Gasteiger partial charge in [-0.3, -0.25) is 4.90 Å². The van der Waals surface area contributed by atoms with Crippen molar-refractivity contribution in [3.63, 3.8) is 0 Å². The summed E-state index contributed by atoms with van der Waals surface area (Å²) in [5.74, 6) is -1.91. The van der Waals surface area contributed by atoms with Gasteiger partial charge in [-0.15, -0.1) is 0 Å². The molecule has 0 spiro atoms. The Labute approximate surface area is 166 Å². The molecule has 1 aromatic rings. The molecular formula is C16H20F2N4O4S2. The van der Waals surface area contributed by atoms with Gasteiger partial charge in [0.05, 0.1) is 30.3 Å². The standard InChI is InChI=1S/C16H20F2N4O4S2/c17-12-6-10(22-9-11(26-16(22)23)8-20-15(19)27)7-13(18)14(12)21-2-1-4-28(24,25)5-3-21/h6-7,11H,1-5,8-9H2,(H3,19,20,27)/t11-/m0/s1. The van der Waals surface area contributed by atoms with Crippen LogP contribution in [0.4, 0.5) is 25.0 Å². The summed E-state index contributed by atoms with van der Waals surface area (Å²) in [6, 6.07) is 2.09. The average Bonchev–Trinajstić information content (AvgIpc) is 2.87. The molecule has 8 nitrogen and oxygen atoms in total. The van der Waals surface area contributed by atoms with E-state index in [1.54, 1.807) is 0 Å². The highest BCUT2D eigenvalue weighted by Crippen LogP contribution is 2.31. The molecule has 1 aromatic carbocycles. The van der Waals surface area contributed by atoms with E-state index in [-0.39, 0.29) is 54.2 Å². The van der Waals surface area contributed by atoms with E-state index in [1.165, 1.54) is 4.90 Å². The monoisotopic (exact) mass is 434 g/mol. The number of hydrogen-bond acceptors (Lipinski definition) is 6. The molecule has 2 saturated heterocycles. The van der Waals surface area contributed by atoms with Crippen molar-refractivity contribution in [3.05, 3.63) is 23.8 Å². The van der Waals surface area contributed by atoms with Gasteiger partial charge in [0.2, 0.25) is 0 Å². The summed E-state index contributed by atoms with van der Waals surface area (Å²) in [6.45, 7) is 0.496. The van der Waals surface area contributed by atoms with Crippen molar-refractivity contribution in [2.24, 2.45) is 5.73 Å². The number of carbonyl (C=O) groups excluding carboxylic acids is 1. The topological polar surface area (TPSA) is 105 Å². The van der Waals surface area contributed by atoms with E-state index < -0.39 is 33.7 Å². The van der Waals surface area contributed by atoms with E-state index in [9.17, 15) is 22.0 Å². The summed E-state index contributed by atoms with van der Waals surface area (Å²) in [7, 11) is -3.21. The number of thiocarbonyl (C=S) groups is 1. The van der Waals surface area contributed by atoms with Gasteiger partial charge < -0.3 is 20.7 Å². The molecule has 3 rings (SSSR count). The number of rotatable bonds is 4. The van der Waals surface area contributed by atoms with Gasteiger partial charge in [0.15, 0.2) is 26.6 Å². The number of cyclic esters (lactones) is 1. The van der Waals surface area contributed by atoms with Crippen LogP contribution in [0.5, 0.6) is 0 Å². The lowest BCUT2D eigenvalue weighted by Crippen LogP contribution is -2.37. The Morgan fingerprint density at radius 3 is 2.61 bits per heavy atom. The number of nitrogens with two attached hydrogens (primary N) is 1. The summed E-state index contributed by atoms with van der Waals surface area (Å²) >= 11 is 4.69. The number of nitrogens with one attached hydrogen (secondary N) is 1. The van der Waals surface area contributed by atoms with Crippen LogP contribution in [0.1, 0.15) is 6.42 Å². The number of halogens is 2. The van der Waals surface area contributed by atoms with Crippen molar-refractivity contribution < 1.29 is 26.7 Å². The van der Waals surface area contributed by atoms with Gasteiger partial charge in [0.1, 0.15) is 11.8 Å². The molecule has 12 heteroatoms. The van der Waals surface area contributed by atoms with E-state index in [2.05, 4.69) is 17.5 Å². The second-order valence-electron chi connectivity index (χ2n) is 6.61. The molecule has 2 heterocycles. The maximum absolute atomic E-state index is 14.7. The fourth-order valence-electron chi connectivity index (χ4n) is 3.23. The van der Waals surface area contributed by atoms with Gasteiger partial charge in [-0.2, -0.15) is 0 Å². The molecule has 2 aliphatic rings. The Hall–Kier alpha value is -2.21. The van der Waals surface area contributed by atoms with Crippen molar-refractivity contribution in [1.82, 2.24) is 5.32 Å². The van der Waals surface area contributed by atoms with E-state index >= 15 is 0 Å². The number of nitrogens with zero attached hydrogens (tertiary/aromatic N) is 2. The third-order valence-corrected chi connectivity index (χ3v) is 6.42. The number of anilines is 2. The van der Waals surface area contributed by atoms with E-state index in [1.807, 2.05) is 0 Å². The summed E-state index contributed by atoms with van der Waals surface area (Å²) in [6.07, 6.45) is -1.02. The molecule has 1 amide bonds. The first-order valence-electron chi connectivity index (χ1n) is 8.62. The molecular weight excluding hydrogens is 414 g/mol. The van der Waals surface area contributed by atoms with Crippen LogP contribution in [0.3, 0.4) is 0 Å². The van der Waals surface area contributed by atoms with Crippen LogP contribution in [0.25, 0.3) is 0 Å². The zero-order valence-electron chi connectivity index (χ0n) is 14.9. The summed E-state index contributed by atoms with van der Waals surface area (Å²) in [5, 5.41) is 2.72. The largest absolute Gasteiger partial charge is 0.442 e. The maximum atomic E-state index is 14.7. The summed E-state index contributed by atoms with van der Waals surface area (Å²) in [4.78, 5) is 14.6. The van der Waals surface area contributed by atoms with Gasteiger partial charge in [0.25, 0.3) is 0 Å². The zero-order valence-corrected chi connectivity index (χ0v) is 16.5. The van der Waals surface area contributed by atoms with Gasteiger partial charge in [-0.05, 0) is 18.6 Å². The van der Waals surface area contributed by atoms with Crippen LogP contribution in [-0.2, 0) is 14.6 Å². The minimum absolute atomic E-state index is 0.00784. The molecule has 0 aromatic heterocycles. The quantitative estimate of drug-likeness (QED) is 0.669. The molecule has 154 valence electrons. The van der Waals surface area contributed by atoms with Gasteiger partial charge in [-0.1, -0.05) is 0 Å². The highest BCUT2D eigenvalue weighted by molar-refractivity contribution is 7.91. The van der Waals surface area contributed by atoms with Crippen molar-refractivity contribution in [3.8, 4) is 0 Å². The number of carbonyl (C=O) groups is 1. The molecule has 2 fully saturated rings. The second kappa shape index (κ2) is 8.03. The predicted octanol–water partition coefficient (Wildman–Crippen LogP) is 0.748.